The molecule has 0 fully saturated rings. The Morgan fingerprint density at radius 3 is 2.69 bits per heavy atom. The molecule has 0 saturated heterocycles. The molecule has 13 heavy (non-hydrogen) atoms. The fourth-order valence-electron chi connectivity index (χ4n) is 1.49. The third-order valence-corrected chi connectivity index (χ3v) is 2.35. The maximum absolute atomic E-state index is 13.0. The van der Waals surface area contributed by atoms with Crippen molar-refractivity contribution in [2.24, 2.45) is 7.05 Å². The third-order valence-electron chi connectivity index (χ3n) is 2.35. The summed E-state index contributed by atoms with van der Waals surface area (Å²) < 4.78 is 14.9. The summed E-state index contributed by atoms with van der Waals surface area (Å²) in [5.41, 5.74) is 1.84. The van der Waals surface area contributed by atoms with E-state index in [9.17, 15) is 4.39 Å². The van der Waals surface area contributed by atoms with E-state index in [-0.39, 0.29) is 5.75 Å². The number of phenolic OH excluding ortho intramolecular Hbond substituents is 1. The fourth-order valence-corrected chi connectivity index (χ4v) is 1.49. The molecular formula is C10H10FNO. The van der Waals surface area contributed by atoms with E-state index in [0.29, 0.717) is 0 Å². The standard InChI is InChI=1S/C10H10FNO/c1-6-3-7-4-10(13)8(11)5-9(7)12(6)2/h3-5,13H,1-2H3. The molecular weight excluding hydrogens is 169 g/mol. The molecule has 1 aromatic heterocycles. The van der Waals surface area contributed by atoms with Crippen LogP contribution in [0.3, 0.4) is 0 Å². The lowest BCUT2D eigenvalue weighted by Crippen LogP contribution is -1.89. The number of rotatable bonds is 0. The lowest BCUT2D eigenvalue weighted by atomic mass is 10.2. The highest BCUT2D eigenvalue weighted by molar-refractivity contribution is 5.82. The summed E-state index contributed by atoms with van der Waals surface area (Å²) in [4.78, 5) is 0. The van der Waals surface area contributed by atoms with Crippen molar-refractivity contribution in [2.45, 2.75) is 6.92 Å². The van der Waals surface area contributed by atoms with Crippen LogP contribution in [0.25, 0.3) is 10.9 Å². The minimum atomic E-state index is -0.575. The number of aromatic hydroxyl groups is 1. The van der Waals surface area contributed by atoms with Crippen LogP contribution in [-0.2, 0) is 7.05 Å². The second kappa shape index (κ2) is 2.49. The number of aromatic nitrogens is 1. The van der Waals surface area contributed by atoms with E-state index in [1.807, 2.05) is 24.6 Å². The highest BCUT2D eigenvalue weighted by Gasteiger charge is 2.07. The van der Waals surface area contributed by atoms with Crippen LogP contribution in [0.1, 0.15) is 5.69 Å². The van der Waals surface area contributed by atoms with Gasteiger partial charge in [0, 0.05) is 24.2 Å². The largest absolute Gasteiger partial charge is 0.505 e. The fraction of sp³-hybridized carbons (Fsp3) is 0.200. The highest BCUT2D eigenvalue weighted by Crippen LogP contribution is 2.25. The van der Waals surface area contributed by atoms with Gasteiger partial charge in [-0.3, -0.25) is 0 Å². The van der Waals surface area contributed by atoms with Crippen LogP contribution >= 0.6 is 0 Å². The smallest absolute Gasteiger partial charge is 0.166 e. The molecule has 0 bridgehead atoms. The van der Waals surface area contributed by atoms with Crippen LogP contribution in [0, 0.1) is 12.7 Å². The van der Waals surface area contributed by atoms with Gasteiger partial charge in [0.2, 0.25) is 0 Å². The maximum Gasteiger partial charge on any atom is 0.166 e. The Morgan fingerprint density at radius 1 is 1.31 bits per heavy atom. The van der Waals surface area contributed by atoms with Crippen LogP contribution in [-0.4, -0.2) is 9.67 Å². The number of phenols is 1. The lowest BCUT2D eigenvalue weighted by molar-refractivity contribution is 0.433. The van der Waals surface area contributed by atoms with Gasteiger partial charge in [0.25, 0.3) is 0 Å². The molecule has 1 aromatic carbocycles. The molecule has 0 spiro atoms. The van der Waals surface area contributed by atoms with Crippen LogP contribution in [0.5, 0.6) is 5.75 Å². The number of aryl methyl sites for hydroxylation is 2. The van der Waals surface area contributed by atoms with Gasteiger partial charge in [-0.15, -0.1) is 0 Å². The van der Waals surface area contributed by atoms with Gasteiger partial charge in [-0.2, -0.15) is 0 Å². The number of hydrogen-bond acceptors (Lipinski definition) is 1. The van der Waals surface area contributed by atoms with Gasteiger partial charge in [0.1, 0.15) is 0 Å². The van der Waals surface area contributed by atoms with E-state index >= 15 is 0 Å². The molecule has 2 rings (SSSR count). The van der Waals surface area contributed by atoms with Crippen LogP contribution in [0.2, 0.25) is 0 Å². The third kappa shape index (κ3) is 1.08. The van der Waals surface area contributed by atoms with Gasteiger partial charge < -0.3 is 9.67 Å². The van der Waals surface area contributed by atoms with E-state index in [1.54, 1.807) is 0 Å². The first-order valence-corrected chi connectivity index (χ1v) is 4.04. The summed E-state index contributed by atoms with van der Waals surface area (Å²) in [5, 5.41) is 9.99. The molecule has 1 heterocycles. The normalized spacial score (nSPS) is 11.0. The zero-order chi connectivity index (χ0) is 9.59. The Morgan fingerprint density at radius 2 is 2.00 bits per heavy atom. The molecule has 0 atom stereocenters. The molecule has 68 valence electrons. The first-order valence-electron chi connectivity index (χ1n) is 4.04. The van der Waals surface area contributed by atoms with Crippen molar-refractivity contribution in [3.8, 4) is 5.75 Å². The van der Waals surface area contributed by atoms with Crippen molar-refractivity contribution in [2.75, 3.05) is 0 Å². The van der Waals surface area contributed by atoms with Gasteiger partial charge in [-0.1, -0.05) is 0 Å². The molecule has 0 aliphatic carbocycles. The monoisotopic (exact) mass is 179 g/mol. The molecule has 0 aliphatic rings. The number of fused-ring (bicyclic) bond motifs is 1. The summed E-state index contributed by atoms with van der Waals surface area (Å²) >= 11 is 0. The molecule has 0 amide bonds. The molecule has 0 unspecified atom stereocenters. The molecule has 2 aromatic rings. The van der Waals surface area contributed by atoms with Crippen molar-refractivity contribution < 1.29 is 9.50 Å². The van der Waals surface area contributed by atoms with Gasteiger partial charge in [-0.05, 0) is 19.1 Å². The molecule has 0 radical (unpaired) electrons. The molecule has 2 nitrogen and oxygen atoms in total. The summed E-state index contributed by atoms with van der Waals surface area (Å²) in [6.07, 6.45) is 0. The number of nitrogens with zero attached hydrogens (tertiary/aromatic N) is 1. The zero-order valence-corrected chi connectivity index (χ0v) is 7.50. The predicted octanol–water partition coefficient (Wildman–Crippen LogP) is 2.33. The first kappa shape index (κ1) is 8.10. The molecule has 1 N–H and O–H groups in total. The Kier molecular flexibility index (Phi) is 1.55. The predicted molar refractivity (Wildman–Crippen MR) is 49.3 cm³/mol. The number of halogens is 1. The van der Waals surface area contributed by atoms with Gasteiger partial charge >= 0.3 is 0 Å². The summed E-state index contributed by atoms with van der Waals surface area (Å²) in [7, 11) is 1.87. The van der Waals surface area contributed by atoms with E-state index in [1.165, 1.54) is 12.1 Å². The minimum Gasteiger partial charge on any atom is -0.505 e. The van der Waals surface area contributed by atoms with E-state index in [4.69, 9.17) is 5.11 Å². The molecule has 3 heteroatoms. The van der Waals surface area contributed by atoms with Gasteiger partial charge in [-0.25, -0.2) is 4.39 Å². The quantitative estimate of drug-likeness (QED) is 0.659. The molecule has 0 aliphatic heterocycles. The lowest BCUT2D eigenvalue weighted by Gasteiger charge is -1.99. The second-order valence-corrected chi connectivity index (χ2v) is 3.21. The zero-order valence-electron chi connectivity index (χ0n) is 7.50. The Balaban J connectivity index is 2.89. The van der Waals surface area contributed by atoms with Crippen LogP contribution in [0.4, 0.5) is 4.39 Å². The van der Waals surface area contributed by atoms with Crippen molar-refractivity contribution in [3.05, 3.63) is 29.7 Å². The topological polar surface area (TPSA) is 25.2 Å². The van der Waals surface area contributed by atoms with Crippen LogP contribution in [0.15, 0.2) is 18.2 Å². The SMILES string of the molecule is Cc1cc2cc(O)c(F)cc2n1C. The molecule has 0 saturated carbocycles. The number of benzene rings is 1. The number of hydrogen-bond donors (Lipinski definition) is 1. The first-order chi connectivity index (χ1) is 6.09. The minimum absolute atomic E-state index is 0.293. The summed E-state index contributed by atoms with van der Waals surface area (Å²) in [6, 6.07) is 4.70. The van der Waals surface area contributed by atoms with Crippen LogP contribution < -0.4 is 0 Å². The average molecular weight is 179 g/mol. The van der Waals surface area contributed by atoms with E-state index in [0.717, 1.165) is 16.6 Å². The maximum atomic E-state index is 13.0. The van der Waals surface area contributed by atoms with Crippen molar-refractivity contribution in [1.29, 1.82) is 0 Å². The van der Waals surface area contributed by atoms with E-state index in [2.05, 4.69) is 0 Å². The Hall–Kier alpha value is -1.51. The Labute approximate surface area is 75.2 Å². The van der Waals surface area contributed by atoms with Gasteiger partial charge in [0.15, 0.2) is 11.6 Å². The second-order valence-electron chi connectivity index (χ2n) is 3.21. The average Bonchev–Trinajstić information content (AvgIpc) is 2.32. The Bertz CT molecular complexity index is 473. The van der Waals surface area contributed by atoms with E-state index < -0.39 is 5.82 Å². The van der Waals surface area contributed by atoms with Crippen molar-refractivity contribution in [3.63, 3.8) is 0 Å². The van der Waals surface area contributed by atoms with Crippen molar-refractivity contribution >= 4 is 10.9 Å². The summed E-state index contributed by atoms with van der Waals surface area (Å²) in [6.45, 7) is 1.94. The van der Waals surface area contributed by atoms with Gasteiger partial charge in [0.05, 0.1) is 5.52 Å². The summed E-state index contributed by atoms with van der Waals surface area (Å²) in [5.74, 6) is -0.869. The van der Waals surface area contributed by atoms with Crippen molar-refractivity contribution in [1.82, 2.24) is 4.57 Å². The highest BCUT2D eigenvalue weighted by atomic mass is 19.1.